The fourth-order valence-electron chi connectivity index (χ4n) is 5.07. The van der Waals surface area contributed by atoms with Crippen LogP contribution in [0.3, 0.4) is 0 Å². The molecule has 0 saturated carbocycles. The lowest BCUT2D eigenvalue weighted by Crippen LogP contribution is -2.19. The summed E-state index contributed by atoms with van der Waals surface area (Å²) in [6.45, 7) is 3.61. The smallest absolute Gasteiger partial charge is 0.343 e. The molecule has 0 saturated heterocycles. The van der Waals surface area contributed by atoms with Gasteiger partial charge in [-0.25, -0.2) is 26.4 Å². The summed E-state index contributed by atoms with van der Waals surface area (Å²) in [6, 6.07) is 6.37. The van der Waals surface area contributed by atoms with Gasteiger partial charge in [-0.05, 0) is 56.0 Å². The number of pyridine rings is 2. The van der Waals surface area contributed by atoms with Crippen LogP contribution in [0, 0.1) is 0 Å². The van der Waals surface area contributed by atoms with Crippen molar-refractivity contribution in [1.29, 1.82) is 0 Å². The van der Waals surface area contributed by atoms with Crippen LogP contribution in [0.15, 0.2) is 56.0 Å². The van der Waals surface area contributed by atoms with E-state index in [0.717, 1.165) is 0 Å². The average Bonchev–Trinajstić information content (AvgIpc) is 3.43. The Balaban J connectivity index is 0.000000168. The van der Waals surface area contributed by atoms with E-state index < -0.39 is 42.5 Å². The number of H-pyrrole nitrogens is 2. The molecule has 0 spiro atoms. The third-order valence-electron chi connectivity index (χ3n) is 7.06. The van der Waals surface area contributed by atoms with Crippen molar-refractivity contribution in [2.24, 2.45) is 0 Å². The van der Waals surface area contributed by atoms with Gasteiger partial charge in [-0.15, -0.1) is 0 Å². The van der Waals surface area contributed by atoms with E-state index in [1.54, 1.807) is 32.0 Å². The van der Waals surface area contributed by atoms with Gasteiger partial charge in [0.1, 0.15) is 11.1 Å². The average molecular weight is 615 g/mol. The van der Waals surface area contributed by atoms with Crippen LogP contribution in [0.25, 0.3) is 21.8 Å². The van der Waals surface area contributed by atoms with Gasteiger partial charge in [0, 0.05) is 17.8 Å². The number of carbonyl (C=O) groups is 2. The Hall–Kier alpha value is -4.30. The molecule has 4 heterocycles. The summed E-state index contributed by atoms with van der Waals surface area (Å²) in [4.78, 5) is 54.2. The van der Waals surface area contributed by atoms with Gasteiger partial charge in [0.25, 0.3) is 0 Å². The molecule has 2 aliphatic heterocycles. The van der Waals surface area contributed by atoms with Crippen molar-refractivity contribution in [3.05, 3.63) is 79.4 Å². The van der Waals surface area contributed by atoms with Gasteiger partial charge in [-0.2, -0.15) is 0 Å². The lowest BCUT2D eigenvalue weighted by atomic mass is 10.1. The van der Waals surface area contributed by atoms with Gasteiger partial charge in [0.15, 0.2) is 19.7 Å². The molecule has 0 bridgehead atoms. The number of ether oxygens (including phenoxy) is 2. The van der Waals surface area contributed by atoms with Crippen LogP contribution in [0.1, 0.15) is 45.7 Å². The highest BCUT2D eigenvalue weighted by Gasteiger charge is 2.31. The zero-order valence-electron chi connectivity index (χ0n) is 22.6. The second-order valence-electron chi connectivity index (χ2n) is 9.62. The minimum absolute atomic E-state index is 0.00940. The van der Waals surface area contributed by atoms with Crippen molar-refractivity contribution < 1.29 is 35.9 Å². The van der Waals surface area contributed by atoms with Gasteiger partial charge in [0.05, 0.1) is 50.9 Å². The number of sulfone groups is 2. The monoisotopic (exact) mass is 614 g/mol. The van der Waals surface area contributed by atoms with Crippen molar-refractivity contribution in [2.75, 3.05) is 24.7 Å². The SMILES string of the molecule is CCOC(=O)c1c[nH]c2cc3c(cc2c1=O)CCS3(=O)=O.CCOC(=O)c1c[nH]c2ccc3c(c2c1=O)S(=O)(=O)CC3. The van der Waals surface area contributed by atoms with Crippen LogP contribution in [0.5, 0.6) is 0 Å². The molecule has 0 unspecified atom stereocenters. The number of esters is 2. The number of fused-ring (bicyclic) bond motifs is 5. The molecular weight excluding hydrogens is 588 g/mol. The fourth-order valence-corrected chi connectivity index (χ4v) is 8.42. The number of aryl methyl sites for hydroxylation is 2. The molecule has 0 radical (unpaired) electrons. The molecule has 2 aromatic heterocycles. The topological polar surface area (TPSA) is 187 Å². The lowest BCUT2D eigenvalue weighted by molar-refractivity contribution is 0.0515. The minimum atomic E-state index is -3.48. The number of benzene rings is 2. The largest absolute Gasteiger partial charge is 0.462 e. The molecule has 14 heteroatoms. The van der Waals surface area contributed by atoms with Crippen LogP contribution in [-0.2, 0) is 42.0 Å². The van der Waals surface area contributed by atoms with Crippen molar-refractivity contribution in [3.8, 4) is 0 Å². The van der Waals surface area contributed by atoms with Crippen molar-refractivity contribution in [2.45, 2.75) is 36.5 Å². The van der Waals surface area contributed by atoms with Crippen LogP contribution in [0.4, 0.5) is 0 Å². The quantitative estimate of drug-likeness (QED) is 0.322. The van der Waals surface area contributed by atoms with E-state index in [1.165, 1.54) is 18.5 Å². The van der Waals surface area contributed by atoms with E-state index in [9.17, 15) is 36.0 Å². The van der Waals surface area contributed by atoms with Crippen molar-refractivity contribution >= 4 is 53.4 Å². The fraction of sp³-hybridized carbons (Fsp3) is 0.286. The number of hydrogen-bond donors (Lipinski definition) is 2. The predicted octanol–water partition coefficient (Wildman–Crippen LogP) is 2.07. The molecule has 220 valence electrons. The Morgan fingerprint density at radius 1 is 0.762 bits per heavy atom. The predicted molar refractivity (Wildman–Crippen MR) is 153 cm³/mol. The first-order valence-corrected chi connectivity index (χ1v) is 16.4. The van der Waals surface area contributed by atoms with Crippen LogP contribution < -0.4 is 10.9 Å². The summed E-state index contributed by atoms with van der Waals surface area (Å²) in [7, 11) is -6.74. The number of carbonyl (C=O) groups excluding carboxylic acids is 2. The molecule has 2 N–H and O–H groups in total. The maximum Gasteiger partial charge on any atom is 0.343 e. The zero-order chi connectivity index (χ0) is 30.4. The van der Waals surface area contributed by atoms with Gasteiger partial charge in [-0.1, -0.05) is 6.07 Å². The number of rotatable bonds is 4. The number of hydrogen-bond acceptors (Lipinski definition) is 10. The minimum Gasteiger partial charge on any atom is -0.462 e. The third-order valence-corrected chi connectivity index (χ3v) is 10.7. The molecule has 0 atom stereocenters. The Morgan fingerprint density at radius 2 is 1.33 bits per heavy atom. The standard InChI is InChI=1S/2C14H13NO5S/c1-2-20-14(17)10-7-15-11-6-12-8(3-4-21(12,18)19)5-9(11)13(10)16;1-2-20-14(17)9-7-15-10-4-3-8-5-6-21(18,19)13(8)11(10)12(9)16/h5-7H,2-4H2,1H3,(H,15,16);3-4,7H,2,5-6H2,1H3,(H,15,16). The molecular formula is C28H26N2O10S2. The maximum atomic E-state index is 12.5. The first kappa shape index (κ1) is 29.2. The highest BCUT2D eigenvalue weighted by atomic mass is 32.2. The Bertz CT molecular complexity index is 2120. The highest BCUT2D eigenvalue weighted by Crippen LogP contribution is 2.31. The normalized spacial score (nSPS) is 15.9. The second-order valence-corrected chi connectivity index (χ2v) is 13.7. The molecule has 6 rings (SSSR count). The Labute approximate surface area is 239 Å². The van der Waals surface area contributed by atoms with E-state index in [-0.39, 0.29) is 51.0 Å². The first-order chi connectivity index (χ1) is 19.9. The summed E-state index contributed by atoms with van der Waals surface area (Å²) < 4.78 is 57.7. The third kappa shape index (κ3) is 5.00. The molecule has 2 aliphatic rings. The van der Waals surface area contributed by atoms with Gasteiger partial charge >= 0.3 is 11.9 Å². The molecule has 12 nitrogen and oxygen atoms in total. The van der Waals surface area contributed by atoms with Crippen molar-refractivity contribution in [3.63, 3.8) is 0 Å². The number of aromatic amines is 2. The molecule has 0 amide bonds. The van der Waals surface area contributed by atoms with Gasteiger partial charge in [-0.3, -0.25) is 9.59 Å². The van der Waals surface area contributed by atoms with E-state index in [2.05, 4.69) is 9.97 Å². The summed E-state index contributed by atoms with van der Waals surface area (Å²) in [5, 5.41) is 0.354. The molecule has 4 aromatic rings. The summed E-state index contributed by atoms with van der Waals surface area (Å²) in [6.07, 6.45) is 3.29. The van der Waals surface area contributed by atoms with E-state index >= 15 is 0 Å². The Kier molecular flexibility index (Phi) is 7.53. The molecule has 2 aromatic carbocycles. The maximum absolute atomic E-state index is 12.5. The van der Waals surface area contributed by atoms with Crippen molar-refractivity contribution in [1.82, 2.24) is 9.97 Å². The second kappa shape index (κ2) is 10.8. The Morgan fingerprint density at radius 3 is 1.98 bits per heavy atom. The van der Waals surface area contributed by atoms with Gasteiger partial charge < -0.3 is 19.4 Å². The molecule has 0 aliphatic carbocycles. The lowest BCUT2D eigenvalue weighted by Gasteiger charge is -2.07. The summed E-state index contributed by atoms with van der Waals surface area (Å²) >= 11 is 0. The first-order valence-electron chi connectivity index (χ1n) is 13.0. The van der Waals surface area contributed by atoms with E-state index in [4.69, 9.17) is 9.47 Å². The molecule has 42 heavy (non-hydrogen) atoms. The summed E-state index contributed by atoms with van der Waals surface area (Å²) in [5.41, 5.74) is 0.724. The number of nitrogens with one attached hydrogen (secondary N) is 2. The number of aromatic nitrogens is 2. The van der Waals surface area contributed by atoms with Gasteiger partial charge in [0.2, 0.25) is 10.9 Å². The van der Waals surface area contributed by atoms with Crippen LogP contribution in [0.2, 0.25) is 0 Å². The molecule has 0 fully saturated rings. The zero-order valence-corrected chi connectivity index (χ0v) is 24.2. The van der Waals surface area contributed by atoms with E-state index in [1.807, 2.05) is 0 Å². The van der Waals surface area contributed by atoms with E-state index in [0.29, 0.717) is 40.4 Å². The highest BCUT2D eigenvalue weighted by molar-refractivity contribution is 7.92. The van der Waals surface area contributed by atoms with Crippen LogP contribution in [-0.4, -0.2) is 63.5 Å². The van der Waals surface area contributed by atoms with Crippen LogP contribution >= 0.6 is 0 Å². The summed E-state index contributed by atoms with van der Waals surface area (Å²) in [5.74, 6) is -1.40.